The number of aryl methyl sites for hydroxylation is 1. The van der Waals surface area contributed by atoms with E-state index in [2.05, 4.69) is 22.0 Å². The summed E-state index contributed by atoms with van der Waals surface area (Å²) in [5.41, 5.74) is 2.36. The van der Waals surface area contributed by atoms with Gasteiger partial charge in [-0.3, -0.25) is 10.1 Å². The fourth-order valence-corrected chi connectivity index (χ4v) is 2.59. The molecular weight excluding hydrogens is 332 g/mol. The van der Waals surface area contributed by atoms with Crippen molar-refractivity contribution in [3.8, 4) is 11.3 Å². The van der Waals surface area contributed by atoms with Crippen LogP contribution in [0.1, 0.15) is 33.4 Å². The first kappa shape index (κ1) is 21.6. The van der Waals surface area contributed by atoms with Crippen LogP contribution in [0.4, 0.5) is 11.4 Å². The van der Waals surface area contributed by atoms with Gasteiger partial charge in [-0.15, -0.1) is 0 Å². The monoisotopic (exact) mass is 362 g/mol. The van der Waals surface area contributed by atoms with Crippen molar-refractivity contribution >= 4 is 11.4 Å². The highest BCUT2D eigenvalue weighted by Gasteiger charge is 2.19. The van der Waals surface area contributed by atoms with Crippen molar-refractivity contribution in [1.29, 1.82) is 0 Å². The number of nitro groups is 1. The lowest BCUT2D eigenvalue weighted by Crippen LogP contribution is -2.44. The maximum atomic E-state index is 11.2. The summed E-state index contributed by atoms with van der Waals surface area (Å²) in [7, 11) is 2.08. The van der Waals surface area contributed by atoms with Gasteiger partial charge in [0.25, 0.3) is 5.69 Å². The largest absolute Gasteiger partial charge is 0.369 e. The number of rotatable bonds is 3. The predicted octanol–water partition coefficient (Wildman–Crippen LogP) is 4.36. The Labute approximate surface area is 155 Å². The van der Waals surface area contributed by atoms with Crippen LogP contribution in [0.15, 0.2) is 28.8 Å². The second-order valence-electron chi connectivity index (χ2n) is 5.62. The summed E-state index contributed by atoms with van der Waals surface area (Å²) >= 11 is 0. The maximum Gasteiger partial charge on any atom is 0.272 e. The van der Waals surface area contributed by atoms with E-state index in [0.29, 0.717) is 11.3 Å². The minimum Gasteiger partial charge on any atom is -0.369 e. The molecule has 1 saturated heterocycles. The number of hydrogen-bond acceptors (Lipinski definition) is 6. The summed E-state index contributed by atoms with van der Waals surface area (Å²) in [6, 6.07) is 6.86. The molecular formula is C19H30N4O3. The number of likely N-dealkylation sites (N-methyl/N-ethyl adjacent to an activating group) is 1. The summed E-state index contributed by atoms with van der Waals surface area (Å²) in [4.78, 5) is 15.3. The number of piperazine rings is 1. The van der Waals surface area contributed by atoms with Crippen molar-refractivity contribution < 1.29 is 9.45 Å². The normalized spacial score (nSPS) is 14.0. The van der Waals surface area contributed by atoms with Crippen molar-refractivity contribution in [3.63, 3.8) is 0 Å². The van der Waals surface area contributed by atoms with E-state index in [-0.39, 0.29) is 10.6 Å². The van der Waals surface area contributed by atoms with Crippen LogP contribution in [0.25, 0.3) is 11.3 Å². The summed E-state index contributed by atoms with van der Waals surface area (Å²) in [5.74, 6) is 0.552. The molecule has 7 heteroatoms. The quantitative estimate of drug-likeness (QED) is 0.596. The molecule has 0 saturated carbocycles. The first-order valence-corrected chi connectivity index (χ1v) is 9.19. The molecule has 1 fully saturated rings. The fraction of sp³-hybridized carbons (Fsp3) is 0.526. The maximum absolute atomic E-state index is 11.2. The lowest BCUT2D eigenvalue weighted by Gasteiger charge is -2.34. The SMILES string of the molecule is CC.CC.Cc1cc(-c2cc(N3CCN(C)CC3)cc([N+](=O)[O-])c2)on1. The number of benzene rings is 1. The molecule has 0 unspecified atom stereocenters. The molecule has 0 spiro atoms. The molecule has 0 N–H and O–H groups in total. The van der Waals surface area contributed by atoms with Crippen LogP contribution in [0.5, 0.6) is 0 Å². The van der Waals surface area contributed by atoms with E-state index in [4.69, 9.17) is 4.52 Å². The van der Waals surface area contributed by atoms with E-state index in [1.54, 1.807) is 12.1 Å². The minimum atomic E-state index is -0.369. The molecule has 0 radical (unpaired) electrons. The third kappa shape index (κ3) is 5.56. The minimum absolute atomic E-state index is 0.0699. The van der Waals surface area contributed by atoms with Gasteiger partial charge in [0, 0.05) is 55.6 Å². The van der Waals surface area contributed by atoms with Crippen LogP contribution in [-0.4, -0.2) is 48.2 Å². The smallest absolute Gasteiger partial charge is 0.272 e. The van der Waals surface area contributed by atoms with Gasteiger partial charge in [0.05, 0.1) is 10.6 Å². The number of anilines is 1. The molecule has 1 aromatic carbocycles. The first-order valence-electron chi connectivity index (χ1n) is 9.19. The number of non-ortho nitro benzene ring substituents is 1. The van der Waals surface area contributed by atoms with Crippen LogP contribution in [0.3, 0.4) is 0 Å². The molecule has 0 bridgehead atoms. The van der Waals surface area contributed by atoms with Crippen LogP contribution in [0.2, 0.25) is 0 Å². The van der Waals surface area contributed by atoms with Crippen LogP contribution < -0.4 is 4.90 Å². The molecule has 3 rings (SSSR count). The average molecular weight is 362 g/mol. The summed E-state index contributed by atoms with van der Waals surface area (Å²) in [6.07, 6.45) is 0. The van der Waals surface area contributed by atoms with Crippen LogP contribution >= 0.6 is 0 Å². The topological polar surface area (TPSA) is 75.7 Å². The van der Waals surface area contributed by atoms with Crippen molar-refractivity contribution in [2.75, 3.05) is 38.1 Å². The van der Waals surface area contributed by atoms with E-state index in [1.165, 1.54) is 6.07 Å². The Hall–Kier alpha value is -2.41. The van der Waals surface area contributed by atoms with Gasteiger partial charge in [0.15, 0.2) is 5.76 Å². The number of nitro benzene ring substituents is 1. The summed E-state index contributed by atoms with van der Waals surface area (Å²) in [6.45, 7) is 13.4. The molecule has 1 aromatic heterocycles. The van der Waals surface area contributed by atoms with Crippen molar-refractivity contribution in [2.24, 2.45) is 0 Å². The highest BCUT2D eigenvalue weighted by molar-refractivity contribution is 5.69. The zero-order valence-corrected chi connectivity index (χ0v) is 16.7. The summed E-state index contributed by atoms with van der Waals surface area (Å²) < 4.78 is 5.25. The molecule has 0 atom stereocenters. The average Bonchev–Trinajstić information content (AvgIpc) is 3.12. The van der Waals surface area contributed by atoms with E-state index in [9.17, 15) is 10.1 Å². The van der Waals surface area contributed by atoms with Gasteiger partial charge in [-0.2, -0.15) is 0 Å². The molecule has 1 aliphatic heterocycles. The molecule has 0 aliphatic carbocycles. The first-order chi connectivity index (χ1) is 12.5. The molecule has 1 aliphatic rings. The zero-order valence-electron chi connectivity index (χ0n) is 16.7. The van der Waals surface area contributed by atoms with Crippen molar-refractivity contribution in [1.82, 2.24) is 10.1 Å². The Kier molecular flexibility index (Phi) is 8.78. The molecule has 144 valence electrons. The second kappa shape index (κ2) is 10.6. The zero-order chi connectivity index (χ0) is 19.7. The van der Waals surface area contributed by atoms with Crippen molar-refractivity contribution in [2.45, 2.75) is 34.6 Å². The Morgan fingerprint density at radius 1 is 1.04 bits per heavy atom. The number of aromatic nitrogens is 1. The van der Waals surface area contributed by atoms with Gasteiger partial charge in [-0.05, 0) is 20.0 Å². The van der Waals surface area contributed by atoms with Crippen LogP contribution in [0, 0.1) is 17.0 Å². The lowest BCUT2D eigenvalue weighted by atomic mass is 10.1. The van der Waals surface area contributed by atoms with E-state index in [1.807, 2.05) is 40.7 Å². The van der Waals surface area contributed by atoms with Gasteiger partial charge in [0.1, 0.15) is 0 Å². The number of hydrogen-bond donors (Lipinski definition) is 0. The standard InChI is InChI=1S/C15H18N4O3.2C2H6/c1-11-7-15(22-16-11)12-8-13(10-14(9-12)19(20)21)18-5-3-17(2)4-6-18;2*1-2/h7-10H,3-6H2,1-2H3;2*1-2H3. The molecule has 26 heavy (non-hydrogen) atoms. The molecule has 2 aromatic rings. The second-order valence-corrected chi connectivity index (χ2v) is 5.62. The van der Waals surface area contributed by atoms with Crippen LogP contribution in [-0.2, 0) is 0 Å². The highest BCUT2D eigenvalue weighted by Crippen LogP contribution is 2.31. The number of nitrogens with zero attached hydrogens (tertiary/aromatic N) is 4. The Balaban J connectivity index is 0.000000791. The summed E-state index contributed by atoms with van der Waals surface area (Å²) in [5, 5.41) is 15.1. The Morgan fingerprint density at radius 3 is 2.15 bits per heavy atom. The van der Waals surface area contributed by atoms with Gasteiger partial charge >= 0.3 is 0 Å². The molecule has 0 amide bonds. The van der Waals surface area contributed by atoms with Crippen molar-refractivity contribution in [3.05, 3.63) is 40.1 Å². The van der Waals surface area contributed by atoms with Gasteiger partial charge < -0.3 is 14.3 Å². The lowest BCUT2D eigenvalue weighted by molar-refractivity contribution is -0.384. The third-order valence-corrected chi connectivity index (χ3v) is 3.89. The molecule has 7 nitrogen and oxygen atoms in total. The van der Waals surface area contributed by atoms with E-state index in [0.717, 1.165) is 37.6 Å². The Morgan fingerprint density at radius 2 is 1.65 bits per heavy atom. The van der Waals surface area contributed by atoms with Gasteiger partial charge in [-0.25, -0.2) is 0 Å². The molecule has 2 heterocycles. The predicted molar refractivity (Wildman–Crippen MR) is 106 cm³/mol. The Bertz CT molecular complexity index is 692. The van der Waals surface area contributed by atoms with E-state index >= 15 is 0 Å². The third-order valence-electron chi connectivity index (χ3n) is 3.89. The fourth-order valence-electron chi connectivity index (χ4n) is 2.59. The van der Waals surface area contributed by atoms with Gasteiger partial charge in [0.2, 0.25) is 0 Å². The highest BCUT2D eigenvalue weighted by atomic mass is 16.6. The van der Waals surface area contributed by atoms with E-state index < -0.39 is 0 Å². The van der Waals surface area contributed by atoms with Gasteiger partial charge in [-0.1, -0.05) is 32.9 Å².